The molecule has 1 amide bonds. The third kappa shape index (κ3) is 4.35. The summed E-state index contributed by atoms with van der Waals surface area (Å²) in [4.78, 5) is 23.7. The van der Waals surface area contributed by atoms with E-state index in [2.05, 4.69) is 17.9 Å². The molecule has 22 heavy (non-hydrogen) atoms. The maximum atomic E-state index is 12.4. The summed E-state index contributed by atoms with van der Waals surface area (Å²) in [7, 11) is 0. The number of carboxylic acid groups (broad SMARTS) is 1. The van der Waals surface area contributed by atoms with Gasteiger partial charge in [0.25, 0.3) is 0 Å². The van der Waals surface area contributed by atoms with Crippen LogP contribution < -0.4 is 5.32 Å². The lowest BCUT2D eigenvalue weighted by Gasteiger charge is -2.19. The van der Waals surface area contributed by atoms with E-state index in [1.165, 1.54) is 11.3 Å². The van der Waals surface area contributed by atoms with Crippen molar-refractivity contribution in [2.24, 2.45) is 5.92 Å². The van der Waals surface area contributed by atoms with E-state index in [9.17, 15) is 14.7 Å². The Morgan fingerprint density at radius 3 is 2.50 bits per heavy atom. The molecule has 2 rings (SSSR count). The number of carboxylic acids is 1. The molecular formula is C16H17NO3S2. The first-order valence-corrected chi connectivity index (χ1v) is 8.39. The van der Waals surface area contributed by atoms with E-state index < -0.39 is 12.0 Å². The van der Waals surface area contributed by atoms with Crippen molar-refractivity contribution >= 4 is 35.8 Å². The summed E-state index contributed by atoms with van der Waals surface area (Å²) in [6.07, 6.45) is 0.534. The molecule has 1 heterocycles. The van der Waals surface area contributed by atoms with Gasteiger partial charge in [0.15, 0.2) is 6.04 Å². The smallest absolute Gasteiger partial charge is 0.330 e. The minimum absolute atomic E-state index is 0.294. The lowest BCUT2D eigenvalue weighted by Crippen LogP contribution is -2.39. The first-order valence-electron chi connectivity index (χ1n) is 6.82. The molecule has 1 aromatic carbocycles. The molecule has 1 aromatic heterocycles. The molecule has 2 aromatic rings. The zero-order valence-electron chi connectivity index (χ0n) is 11.8. The Morgan fingerprint density at radius 2 is 1.95 bits per heavy atom. The van der Waals surface area contributed by atoms with Crippen molar-refractivity contribution in [3.8, 4) is 0 Å². The van der Waals surface area contributed by atoms with Gasteiger partial charge in [-0.25, -0.2) is 4.79 Å². The van der Waals surface area contributed by atoms with Gasteiger partial charge >= 0.3 is 5.97 Å². The van der Waals surface area contributed by atoms with Crippen molar-refractivity contribution in [2.75, 3.05) is 5.75 Å². The van der Waals surface area contributed by atoms with E-state index in [1.54, 1.807) is 16.8 Å². The van der Waals surface area contributed by atoms with Crippen molar-refractivity contribution in [3.05, 3.63) is 58.3 Å². The summed E-state index contributed by atoms with van der Waals surface area (Å²) < 4.78 is 0. The van der Waals surface area contributed by atoms with Crippen LogP contribution in [0.5, 0.6) is 0 Å². The average Bonchev–Trinajstić information content (AvgIpc) is 3.04. The second-order valence-corrected chi connectivity index (χ2v) is 6.05. The van der Waals surface area contributed by atoms with E-state index >= 15 is 0 Å². The van der Waals surface area contributed by atoms with Crippen LogP contribution in [0.15, 0.2) is 47.2 Å². The van der Waals surface area contributed by atoms with Crippen molar-refractivity contribution in [3.63, 3.8) is 0 Å². The highest BCUT2D eigenvalue weighted by molar-refractivity contribution is 7.80. The van der Waals surface area contributed by atoms with Crippen LogP contribution >= 0.6 is 24.0 Å². The van der Waals surface area contributed by atoms with Crippen LogP contribution in [0.1, 0.15) is 17.2 Å². The molecule has 2 N–H and O–H groups in total. The Kier molecular flexibility index (Phi) is 6.03. The van der Waals surface area contributed by atoms with Gasteiger partial charge in [0.05, 0.1) is 5.92 Å². The maximum Gasteiger partial charge on any atom is 0.330 e. The van der Waals surface area contributed by atoms with Crippen molar-refractivity contribution in [1.29, 1.82) is 0 Å². The van der Waals surface area contributed by atoms with Gasteiger partial charge in [-0.1, -0.05) is 30.3 Å². The normalized spacial score (nSPS) is 13.3. The Balaban J connectivity index is 2.06. The van der Waals surface area contributed by atoms with Gasteiger partial charge < -0.3 is 10.4 Å². The third-order valence-corrected chi connectivity index (χ3v) is 4.47. The van der Waals surface area contributed by atoms with Crippen molar-refractivity contribution in [2.45, 2.75) is 12.5 Å². The summed E-state index contributed by atoms with van der Waals surface area (Å²) in [6.45, 7) is 0. The summed E-state index contributed by atoms with van der Waals surface area (Å²) in [5.74, 6) is -1.37. The summed E-state index contributed by atoms with van der Waals surface area (Å²) >= 11 is 5.63. The molecule has 0 fully saturated rings. The predicted molar refractivity (Wildman–Crippen MR) is 90.3 cm³/mol. The SMILES string of the molecule is O=C(NC(C(=O)O)c1ccsc1)C(CS)Cc1ccccc1. The third-order valence-electron chi connectivity index (χ3n) is 3.33. The molecule has 0 saturated carbocycles. The zero-order chi connectivity index (χ0) is 15.9. The second kappa shape index (κ2) is 8.00. The van der Waals surface area contributed by atoms with E-state index in [0.717, 1.165) is 5.56 Å². The fourth-order valence-electron chi connectivity index (χ4n) is 2.13. The van der Waals surface area contributed by atoms with Crippen LogP contribution in [0.2, 0.25) is 0 Å². The van der Waals surface area contributed by atoms with E-state index in [4.69, 9.17) is 0 Å². The Morgan fingerprint density at radius 1 is 1.23 bits per heavy atom. The molecule has 2 unspecified atom stereocenters. The number of rotatable bonds is 7. The van der Waals surface area contributed by atoms with Gasteiger partial charge in [-0.05, 0) is 34.4 Å². The van der Waals surface area contributed by atoms with E-state index in [1.807, 2.05) is 30.3 Å². The summed E-state index contributed by atoms with van der Waals surface area (Å²) in [5.41, 5.74) is 1.61. The standard InChI is InChI=1S/C16H17NO3S2/c18-15(13(9-21)8-11-4-2-1-3-5-11)17-14(16(19)20)12-6-7-22-10-12/h1-7,10,13-14,21H,8-9H2,(H,17,18)(H,19,20). The highest BCUT2D eigenvalue weighted by atomic mass is 32.1. The highest BCUT2D eigenvalue weighted by Crippen LogP contribution is 2.18. The number of carbonyl (C=O) groups is 2. The molecule has 0 aliphatic heterocycles. The van der Waals surface area contributed by atoms with Gasteiger partial charge in [-0.15, -0.1) is 0 Å². The van der Waals surface area contributed by atoms with Crippen LogP contribution in [0, 0.1) is 5.92 Å². The Labute approximate surface area is 138 Å². The van der Waals surface area contributed by atoms with Crippen molar-refractivity contribution in [1.82, 2.24) is 5.32 Å². The van der Waals surface area contributed by atoms with E-state index in [-0.39, 0.29) is 11.8 Å². The van der Waals surface area contributed by atoms with Gasteiger partial charge in [-0.2, -0.15) is 24.0 Å². The number of aliphatic carboxylic acids is 1. The molecule has 4 nitrogen and oxygen atoms in total. The molecule has 6 heteroatoms. The first kappa shape index (κ1) is 16.6. The number of hydrogen-bond donors (Lipinski definition) is 3. The minimum atomic E-state index is -1.07. The van der Waals surface area contributed by atoms with Gasteiger partial charge in [-0.3, -0.25) is 4.79 Å². The van der Waals surface area contributed by atoms with Crippen LogP contribution in [0.4, 0.5) is 0 Å². The highest BCUT2D eigenvalue weighted by Gasteiger charge is 2.26. The maximum absolute atomic E-state index is 12.4. The molecular weight excluding hydrogens is 318 g/mol. The quantitative estimate of drug-likeness (QED) is 0.682. The van der Waals surface area contributed by atoms with Crippen molar-refractivity contribution < 1.29 is 14.7 Å². The molecule has 0 spiro atoms. The average molecular weight is 335 g/mol. The first-order chi connectivity index (χ1) is 10.6. The molecule has 116 valence electrons. The second-order valence-electron chi connectivity index (χ2n) is 4.91. The number of benzene rings is 1. The summed E-state index contributed by atoms with van der Waals surface area (Å²) in [5, 5.41) is 15.4. The van der Waals surface area contributed by atoms with Crippen LogP contribution in [-0.2, 0) is 16.0 Å². The number of thiophene rings is 1. The number of thiol groups is 1. The molecule has 0 bridgehead atoms. The largest absolute Gasteiger partial charge is 0.479 e. The Bertz CT molecular complexity index is 614. The Hall–Kier alpha value is -1.79. The molecule has 0 radical (unpaired) electrons. The van der Waals surface area contributed by atoms with Gasteiger partial charge in [0.2, 0.25) is 5.91 Å². The fraction of sp³-hybridized carbons (Fsp3) is 0.250. The lowest BCUT2D eigenvalue weighted by atomic mass is 9.99. The summed E-state index contributed by atoms with van der Waals surface area (Å²) in [6, 6.07) is 10.3. The molecule has 0 saturated heterocycles. The minimum Gasteiger partial charge on any atom is -0.479 e. The monoisotopic (exact) mass is 335 g/mol. The number of carbonyl (C=O) groups excluding carboxylic acids is 1. The van der Waals surface area contributed by atoms with E-state index in [0.29, 0.717) is 17.7 Å². The molecule has 0 aliphatic rings. The predicted octanol–water partition coefficient (Wildman–Crippen LogP) is 2.78. The van der Waals surface area contributed by atoms with Crippen LogP contribution in [-0.4, -0.2) is 22.7 Å². The zero-order valence-corrected chi connectivity index (χ0v) is 13.5. The number of hydrogen-bond acceptors (Lipinski definition) is 4. The van der Waals surface area contributed by atoms with Crippen LogP contribution in [0.25, 0.3) is 0 Å². The van der Waals surface area contributed by atoms with Crippen LogP contribution in [0.3, 0.4) is 0 Å². The van der Waals surface area contributed by atoms with Gasteiger partial charge in [0, 0.05) is 5.75 Å². The van der Waals surface area contributed by atoms with Gasteiger partial charge in [0.1, 0.15) is 0 Å². The number of nitrogens with one attached hydrogen (secondary N) is 1. The fourth-order valence-corrected chi connectivity index (χ4v) is 3.11. The number of amides is 1. The molecule has 2 atom stereocenters. The topological polar surface area (TPSA) is 66.4 Å². The lowest BCUT2D eigenvalue weighted by molar-refractivity contribution is -0.142. The molecule has 0 aliphatic carbocycles.